The van der Waals surface area contributed by atoms with Gasteiger partial charge in [0.25, 0.3) is 0 Å². The summed E-state index contributed by atoms with van der Waals surface area (Å²) < 4.78 is 5.09. The van der Waals surface area contributed by atoms with Gasteiger partial charge in [0.05, 0.1) is 0 Å². The molecule has 0 bridgehead atoms. The third kappa shape index (κ3) is 12.4. The predicted molar refractivity (Wildman–Crippen MR) is 152 cm³/mol. The standard InChI is InChI=1S/C12H17N2.C10H17N2O3.C8H9O.Li/c1-2-3-6-11-8-7-10-5-4-9-13-12(10)14-11;1-3-8(9(13)14)11-10(15)12-6-4-5-7(12)2;1-2-9-8-6-4-3-5-7-8;/h7-8H,1-6,9H2,(H,13,14);7-8H,1,3-6H2,2H3,(H,11,15)(H,13,14);3-7H,1-2H2;/q3*-1;+1/t;7-,8-;;/m.0../s1. The molecule has 0 aliphatic carbocycles. The van der Waals surface area contributed by atoms with E-state index in [1.807, 2.05) is 37.3 Å². The maximum Gasteiger partial charge on any atom is 1.00 e. The van der Waals surface area contributed by atoms with Gasteiger partial charge in [0.2, 0.25) is 0 Å². The van der Waals surface area contributed by atoms with Crippen molar-refractivity contribution in [3.8, 4) is 5.75 Å². The van der Waals surface area contributed by atoms with Gasteiger partial charge in [-0.2, -0.15) is 12.8 Å². The number of benzene rings is 1. The number of carbonyl (C=O) groups excluding carboxylic acids is 1. The van der Waals surface area contributed by atoms with Gasteiger partial charge in [-0.25, -0.2) is 9.78 Å². The van der Waals surface area contributed by atoms with Crippen LogP contribution in [0.25, 0.3) is 0 Å². The van der Waals surface area contributed by atoms with Crippen molar-refractivity contribution in [1.82, 2.24) is 15.2 Å². The number of hydrogen-bond acceptors (Lipinski definition) is 5. The molecule has 2 aromatic rings. The Labute approximate surface area is 246 Å². The van der Waals surface area contributed by atoms with Crippen LogP contribution in [0.1, 0.15) is 56.7 Å². The summed E-state index contributed by atoms with van der Waals surface area (Å²) in [6.07, 6.45) is 7.70. The third-order valence-electron chi connectivity index (χ3n) is 6.34. The number of fused-ring (bicyclic) bond motifs is 1. The van der Waals surface area contributed by atoms with Crippen LogP contribution < -0.4 is 34.2 Å². The van der Waals surface area contributed by atoms with Gasteiger partial charge in [-0.3, -0.25) is 4.79 Å². The number of unbranched alkanes of at least 4 members (excludes halogenated alkanes) is 1. The molecule has 2 aliphatic heterocycles. The van der Waals surface area contributed by atoms with Gasteiger partial charge in [-0.15, -0.1) is 0 Å². The van der Waals surface area contributed by atoms with Crippen molar-refractivity contribution in [1.29, 1.82) is 0 Å². The number of aliphatic carboxylic acids is 1. The number of ether oxygens (including phenoxy) is 1. The topological polar surface area (TPSA) is 104 Å². The van der Waals surface area contributed by atoms with Crippen molar-refractivity contribution in [2.45, 2.75) is 70.4 Å². The first kappa shape index (κ1) is 34.3. The first-order valence-corrected chi connectivity index (χ1v) is 13.5. The smallest absolute Gasteiger partial charge is 0.525 e. The van der Waals surface area contributed by atoms with E-state index in [2.05, 4.69) is 48.5 Å². The van der Waals surface area contributed by atoms with Crippen molar-refractivity contribution < 1.29 is 38.3 Å². The number of anilines is 1. The van der Waals surface area contributed by atoms with Gasteiger partial charge >= 0.3 is 30.9 Å². The number of carboxylic acids is 1. The predicted octanol–water partition coefficient (Wildman–Crippen LogP) is 2.36. The summed E-state index contributed by atoms with van der Waals surface area (Å²) in [7, 11) is 0. The van der Waals surface area contributed by atoms with Crippen molar-refractivity contribution >= 4 is 17.8 Å². The number of aryl methyl sites for hydroxylation is 2. The molecule has 0 unspecified atom stereocenters. The number of hydrogen-bond donors (Lipinski definition) is 3. The Bertz CT molecular complexity index is 977. The Balaban J connectivity index is 0.000000297. The molecule has 210 valence electrons. The zero-order valence-corrected chi connectivity index (χ0v) is 23.7. The summed E-state index contributed by atoms with van der Waals surface area (Å²) in [5, 5.41) is 14.6. The zero-order valence-electron chi connectivity index (χ0n) is 23.7. The minimum Gasteiger partial charge on any atom is -0.525 e. The van der Waals surface area contributed by atoms with E-state index < -0.39 is 12.0 Å². The van der Waals surface area contributed by atoms with Crippen LogP contribution in [0.3, 0.4) is 0 Å². The van der Waals surface area contributed by atoms with Gasteiger partial charge in [-0.05, 0) is 69.4 Å². The number of aromatic nitrogens is 1. The molecule has 0 spiro atoms. The van der Waals surface area contributed by atoms with E-state index >= 15 is 0 Å². The first-order chi connectivity index (χ1) is 18.4. The van der Waals surface area contributed by atoms with Crippen molar-refractivity contribution in [3.63, 3.8) is 0 Å². The largest absolute Gasteiger partial charge is 1.00 e. The minimum atomic E-state index is -1.04. The molecule has 9 heteroatoms. The molecule has 1 aromatic heterocycles. The molecule has 1 saturated heterocycles. The number of pyridine rings is 1. The quantitative estimate of drug-likeness (QED) is 0.358. The van der Waals surface area contributed by atoms with Crippen molar-refractivity contribution in [3.05, 3.63) is 74.5 Å². The fraction of sp³-hybridized carbons (Fsp3) is 0.467. The van der Waals surface area contributed by atoms with Crippen LogP contribution in [0.2, 0.25) is 0 Å². The Morgan fingerprint density at radius 1 is 1.18 bits per heavy atom. The molecule has 2 atom stereocenters. The van der Waals surface area contributed by atoms with Crippen LogP contribution in [0.5, 0.6) is 5.75 Å². The SMILES string of the molecule is [CH2-]CCCc1ccc2c(n1)NCCC2.[CH2-]COc1ccccc1.[CH2-]C[C@H](NC(=O)N1CCC[C@@H]1C)C(=O)O.[Li+]. The van der Waals surface area contributed by atoms with Crippen molar-refractivity contribution in [2.24, 2.45) is 0 Å². The zero-order chi connectivity index (χ0) is 27.8. The van der Waals surface area contributed by atoms with Gasteiger partial charge in [0.15, 0.2) is 0 Å². The average molecular weight is 531 g/mol. The van der Waals surface area contributed by atoms with Crippen molar-refractivity contribution in [2.75, 3.05) is 25.0 Å². The molecule has 3 heterocycles. The number of carbonyl (C=O) groups is 2. The summed E-state index contributed by atoms with van der Waals surface area (Å²) in [6.45, 7) is 15.1. The normalized spacial score (nSPS) is 16.0. The number of rotatable bonds is 8. The summed E-state index contributed by atoms with van der Waals surface area (Å²) >= 11 is 0. The van der Waals surface area contributed by atoms with Crippen LogP contribution in [-0.2, 0) is 17.6 Å². The fourth-order valence-electron chi connectivity index (χ4n) is 4.17. The van der Waals surface area contributed by atoms with Gasteiger partial charge in [0, 0.05) is 24.8 Å². The average Bonchev–Trinajstić information content (AvgIpc) is 3.37. The van der Waals surface area contributed by atoms with Gasteiger partial charge in [0.1, 0.15) is 17.6 Å². The summed E-state index contributed by atoms with van der Waals surface area (Å²) in [5.41, 5.74) is 2.57. The first-order valence-electron chi connectivity index (χ1n) is 13.5. The molecule has 2 aliphatic rings. The van der Waals surface area contributed by atoms with Crippen LogP contribution in [-0.4, -0.2) is 58.8 Å². The maximum atomic E-state index is 11.7. The molecular weight excluding hydrogens is 487 g/mol. The van der Waals surface area contributed by atoms with Gasteiger partial charge in [-0.1, -0.05) is 30.7 Å². The number of nitrogens with one attached hydrogen (secondary N) is 2. The van der Waals surface area contributed by atoms with E-state index in [-0.39, 0.29) is 37.4 Å². The number of amides is 2. The van der Waals surface area contributed by atoms with Crippen LogP contribution >= 0.6 is 0 Å². The van der Waals surface area contributed by atoms with E-state index in [4.69, 9.17) is 9.84 Å². The van der Waals surface area contributed by atoms with E-state index in [0.29, 0.717) is 13.2 Å². The number of carboxylic acid groups (broad SMARTS) is 1. The summed E-state index contributed by atoms with van der Waals surface area (Å²) in [4.78, 5) is 28.6. The molecule has 1 aromatic carbocycles. The molecule has 0 radical (unpaired) electrons. The molecule has 2 amide bonds. The molecule has 3 N–H and O–H groups in total. The molecular formula is C30H43LiN4O4-2. The number of nitrogens with zero attached hydrogens (tertiary/aromatic N) is 2. The second kappa shape index (κ2) is 19.4. The summed E-state index contributed by atoms with van der Waals surface area (Å²) in [6, 6.07) is 13.0. The maximum absolute atomic E-state index is 11.7. The number of urea groups is 1. The van der Waals surface area contributed by atoms with Crippen LogP contribution in [0, 0.1) is 20.8 Å². The Morgan fingerprint density at radius 2 is 1.92 bits per heavy atom. The third-order valence-corrected chi connectivity index (χ3v) is 6.34. The summed E-state index contributed by atoms with van der Waals surface area (Å²) in [5.74, 6) is 0.954. The van der Waals surface area contributed by atoms with Crippen LogP contribution in [0.4, 0.5) is 10.6 Å². The molecule has 4 rings (SSSR count). The molecule has 1 fully saturated rings. The molecule has 39 heavy (non-hydrogen) atoms. The fourth-order valence-corrected chi connectivity index (χ4v) is 4.17. The monoisotopic (exact) mass is 530 g/mol. The second-order valence-corrected chi connectivity index (χ2v) is 9.27. The second-order valence-electron chi connectivity index (χ2n) is 9.27. The number of para-hydroxylation sites is 1. The van der Waals surface area contributed by atoms with Gasteiger partial charge < -0.3 is 46.1 Å². The van der Waals surface area contributed by atoms with E-state index in [1.54, 1.807) is 4.90 Å². The molecule has 0 saturated carbocycles. The minimum absolute atomic E-state index is 0. The Hall–Kier alpha value is -2.69. The number of likely N-dealkylation sites (tertiary alicyclic amines) is 1. The van der Waals surface area contributed by atoms with Crippen LogP contribution in [0.15, 0.2) is 42.5 Å². The van der Waals surface area contributed by atoms with E-state index in [1.165, 1.54) is 24.1 Å². The Morgan fingerprint density at radius 3 is 2.51 bits per heavy atom. The van der Waals surface area contributed by atoms with E-state index in [9.17, 15) is 9.59 Å². The van der Waals surface area contributed by atoms with E-state index in [0.717, 1.165) is 50.2 Å². The molecule has 8 nitrogen and oxygen atoms in total. The Kier molecular flexibility index (Phi) is 17.1.